The molecule has 0 spiro atoms. The van der Waals surface area contributed by atoms with Crippen molar-refractivity contribution in [3.63, 3.8) is 0 Å². The lowest BCUT2D eigenvalue weighted by Gasteiger charge is -2.24. The van der Waals surface area contributed by atoms with E-state index in [-0.39, 0.29) is 23.6 Å². The Hall–Kier alpha value is -2.96. The molecule has 0 fully saturated rings. The first-order chi connectivity index (χ1) is 15.0. The van der Waals surface area contributed by atoms with Gasteiger partial charge in [0.2, 0.25) is 5.76 Å². The highest BCUT2D eigenvalue weighted by atomic mass is 35.5. The van der Waals surface area contributed by atoms with Crippen LogP contribution in [0.15, 0.2) is 73.3 Å². The van der Waals surface area contributed by atoms with E-state index in [2.05, 4.69) is 0 Å². The molecule has 3 heterocycles. The van der Waals surface area contributed by atoms with Crippen LogP contribution in [0, 0.1) is 6.92 Å². The Morgan fingerprint density at radius 3 is 2.58 bits per heavy atom. The number of nitrogens with zero attached hydrogens (tertiary/aromatic N) is 1. The zero-order valence-corrected chi connectivity index (χ0v) is 18.4. The maximum Gasteiger partial charge on any atom is 0.291 e. The summed E-state index contributed by atoms with van der Waals surface area (Å²) in [5, 5.41) is 0.852. The summed E-state index contributed by atoms with van der Waals surface area (Å²) in [6, 6.07) is 14.2. The molecule has 1 aliphatic heterocycles. The fourth-order valence-electron chi connectivity index (χ4n) is 4.01. The van der Waals surface area contributed by atoms with E-state index in [1.165, 1.54) is 0 Å². The molecule has 1 aliphatic rings. The molecular weight excluding hydrogens is 434 g/mol. The molecule has 0 saturated heterocycles. The minimum absolute atomic E-state index is 0.0738. The first-order valence-electron chi connectivity index (χ1n) is 9.72. The van der Waals surface area contributed by atoms with Gasteiger partial charge in [-0.1, -0.05) is 23.7 Å². The number of amides is 1. The van der Waals surface area contributed by atoms with Crippen LogP contribution in [0.2, 0.25) is 5.02 Å². The number of rotatable bonds is 4. The predicted octanol–water partition coefficient (Wildman–Crippen LogP) is 5.82. The molecule has 0 saturated carbocycles. The van der Waals surface area contributed by atoms with Gasteiger partial charge in [-0.05, 0) is 60.7 Å². The highest BCUT2D eigenvalue weighted by Gasteiger charge is 2.43. The number of aryl methyl sites for hydroxylation is 1. The first-order valence-corrected chi connectivity index (χ1v) is 11.3. The van der Waals surface area contributed by atoms with E-state index in [0.717, 1.165) is 16.0 Å². The van der Waals surface area contributed by atoms with E-state index in [4.69, 9.17) is 20.4 Å². The quantitative estimate of drug-likeness (QED) is 0.366. The van der Waals surface area contributed by atoms with E-state index < -0.39 is 6.04 Å². The molecule has 2 aromatic carbocycles. The summed E-state index contributed by atoms with van der Waals surface area (Å²) in [5.41, 5.74) is 2.06. The second-order valence-corrected chi connectivity index (χ2v) is 8.75. The maximum absolute atomic E-state index is 13.6. The minimum Gasteiger partial charge on any atom is -0.467 e. The smallest absolute Gasteiger partial charge is 0.291 e. The van der Waals surface area contributed by atoms with Crippen molar-refractivity contribution in [1.82, 2.24) is 4.90 Å². The molecule has 5 rings (SSSR count). The Labute approximate surface area is 187 Å². The Kier molecular flexibility index (Phi) is 4.91. The van der Waals surface area contributed by atoms with Crippen molar-refractivity contribution in [2.24, 2.45) is 0 Å². The van der Waals surface area contributed by atoms with E-state index in [1.54, 1.807) is 47.2 Å². The second-order valence-electron chi connectivity index (χ2n) is 7.46. The summed E-state index contributed by atoms with van der Waals surface area (Å²) in [4.78, 5) is 29.7. The van der Waals surface area contributed by atoms with Gasteiger partial charge >= 0.3 is 0 Å². The number of thioether (sulfide) groups is 1. The number of fused-ring (bicyclic) bond motifs is 2. The highest BCUT2D eigenvalue weighted by molar-refractivity contribution is 7.98. The standard InChI is InChI=1S/C24H18ClNO4S/c1-13-10-19-17(11-18(13)25)22(27)20-21(14-5-7-16(31-2)8-6-14)26(24(28)23(20)30-19)12-15-4-3-9-29-15/h3-11,21H,12H2,1-2H3. The number of carbonyl (C=O) groups excluding carboxylic acids is 1. The van der Waals surface area contributed by atoms with Gasteiger partial charge in [-0.15, -0.1) is 11.8 Å². The Balaban J connectivity index is 1.74. The zero-order chi connectivity index (χ0) is 21.7. The van der Waals surface area contributed by atoms with Crippen molar-refractivity contribution in [3.8, 4) is 0 Å². The van der Waals surface area contributed by atoms with Gasteiger partial charge < -0.3 is 13.7 Å². The van der Waals surface area contributed by atoms with E-state index in [1.807, 2.05) is 37.4 Å². The van der Waals surface area contributed by atoms with Crippen LogP contribution in [-0.4, -0.2) is 17.1 Å². The van der Waals surface area contributed by atoms with Crippen LogP contribution in [0.1, 0.15) is 39.0 Å². The van der Waals surface area contributed by atoms with E-state index in [9.17, 15) is 9.59 Å². The monoisotopic (exact) mass is 451 g/mol. The van der Waals surface area contributed by atoms with Crippen LogP contribution in [0.3, 0.4) is 0 Å². The molecule has 1 amide bonds. The van der Waals surface area contributed by atoms with Crippen LogP contribution in [0.5, 0.6) is 0 Å². The number of benzene rings is 2. The van der Waals surface area contributed by atoms with Crippen molar-refractivity contribution in [3.05, 3.63) is 98.3 Å². The molecule has 31 heavy (non-hydrogen) atoms. The molecule has 0 aliphatic carbocycles. The molecule has 0 radical (unpaired) electrons. The fraction of sp³-hybridized carbons (Fsp3) is 0.167. The lowest BCUT2D eigenvalue weighted by atomic mass is 9.98. The summed E-state index contributed by atoms with van der Waals surface area (Å²) in [5.74, 6) is 0.365. The van der Waals surface area contributed by atoms with Gasteiger partial charge in [-0.3, -0.25) is 9.59 Å². The summed E-state index contributed by atoms with van der Waals surface area (Å²) in [6.45, 7) is 2.05. The third-order valence-electron chi connectivity index (χ3n) is 5.58. The first kappa shape index (κ1) is 20.0. The van der Waals surface area contributed by atoms with Crippen molar-refractivity contribution >= 4 is 40.2 Å². The number of hydrogen-bond donors (Lipinski definition) is 0. The molecular formula is C24H18ClNO4S. The van der Waals surface area contributed by atoms with Crippen LogP contribution in [0.4, 0.5) is 0 Å². The van der Waals surface area contributed by atoms with Crippen LogP contribution in [0.25, 0.3) is 11.0 Å². The van der Waals surface area contributed by atoms with Gasteiger partial charge in [0.05, 0.1) is 29.8 Å². The van der Waals surface area contributed by atoms with Gasteiger partial charge in [-0.2, -0.15) is 0 Å². The summed E-state index contributed by atoms with van der Waals surface area (Å²) < 4.78 is 11.5. The number of carbonyl (C=O) groups is 1. The molecule has 2 aromatic heterocycles. The van der Waals surface area contributed by atoms with Crippen molar-refractivity contribution in [2.75, 3.05) is 6.26 Å². The lowest BCUT2D eigenvalue weighted by Crippen LogP contribution is -2.29. The van der Waals surface area contributed by atoms with Gasteiger partial charge in [-0.25, -0.2) is 0 Å². The molecule has 5 nitrogen and oxygen atoms in total. The fourth-order valence-corrected chi connectivity index (χ4v) is 4.58. The summed E-state index contributed by atoms with van der Waals surface area (Å²) in [7, 11) is 0. The predicted molar refractivity (Wildman–Crippen MR) is 121 cm³/mol. The third kappa shape index (κ3) is 3.27. The average Bonchev–Trinajstić information content (AvgIpc) is 3.38. The topological polar surface area (TPSA) is 63.7 Å². The zero-order valence-electron chi connectivity index (χ0n) is 16.8. The van der Waals surface area contributed by atoms with Crippen molar-refractivity contribution in [2.45, 2.75) is 24.4 Å². The SMILES string of the molecule is CSc1ccc(C2c3c(oc4cc(C)c(Cl)cc4c3=O)C(=O)N2Cc2ccco2)cc1. The summed E-state index contributed by atoms with van der Waals surface area (Å²) >= 11 is 7.91. The molecule has 0 bridgehead atoms. The van der Waals surface area contributed by atoms with E-state index >= 15 is 0 Å². The summed E-state index contributed by atoms with van der Waals surface area (Å²) in [6.07, 6.45) is 3.56. The molecule has 1 unspecified atom stereocenters. The Morgan fingerprint density at radius 1 is 1.13 bits per heavy atom. The molecule has 1 atom stereocenters. The van der Waals surface area contributed by atoms with Gasteiger partial charge in [0, 0.05) is 9.92 Å². The number of hydrogen-bond acceptors (Lipinski definition) is 5. The Bertz CT molecular complexity index is 1360. The molecule has 4 aromatic rings. The van der Waals surface area contributed by atoms with Crippen LogP contribution >= 0.6 is 23.4 Å². The molecule has 7 heteroatoms. The van der Waals surface area contributed by atoms with Crippen LogP contribution < -0.4 is 5.43 Å². The van der Waals surface area contributed by atoms with Gasteiger partial charge in [0.15, 0.2) is 5.43 Å². The largest absolute Gasteiger partial charge is 0.467 e. The van der Waals surface area contributed by atoms with Crippen molar-refractivity contribution in [1.29, 1.82) is 0 Å². The van der Waals surface area contributed by atoms with E-state index in [0.29, 0.717) is 27.3 Å². The van der Waals surface area contributed by atoms with Crippen molar-refractivity contribution < 1.29 is 13.6 Å². The number of furan rings is 1. The number of halogens is 1. The van der Waals surface area contributed by atoms with Gasteiger partial charge in [0.1, 0.15) is 11.3 Å². The van der Waals surface area contributed by atoms with Crippen LogP contribution in [-0.2, 0) is 6.54 Å². The Morgan fingerprint density at radius 2 is 1.90 bits per heavy atom. The normalized spacial score (nSPS) is 15.6. The minimum atomic E-state index is -0.579. The average molecular weight is 452 g/mol. The second kappa shape index (κ2) is 7.62. The maximum atomic E-state index is 13.6. The molecule has 0 N–H and O–H groups in total. The molecule has 156 valence electrons. The van der Waals surface area contributed by atoms with Gasteiger partial charge in [0.25, 0.3) is 5.91 Å². The highest BCUT2D eigenvalue weighted by Crippen LogP contribution is 2.40. The third-order valence-corrected chi connectivity index (χ3v) is 6.74. The lowest BCUT2D eigenvalue weighted by molar-refractivity contribution is 0.0701.